The number of anilines is 1. The van der Waals surface area contributed by atoms with Gasteiger partial charge in [0.2, 0.25) is 0 Å². The Balaban J connectivity index is 1.86. The monoisotopic (exact) mass is 339 g/mol. The maximum absolute atomic E-state index is 13.1. The summed E-state index contributed by atoms with van der Waals surface area (Å²) in [5.74, 6) is 1.42. The first-order chi connectivity index (χ1) is 12.0. The molecule has 1 aliphatic rings. The summed E-state index contributed by atoms with van der Waals surface area (Å²) in [6, 6.07) is 11.7. The Bertz CT molecular complexity index is 767. The van der Waals surface area contributed by atoms with Crippen molar-refractivity contribution in [1.29, 1.82) is 0 Å². The van der Waals surface area contributed by atoms with Gasteiger partial charge in [0, 0.05) is 6.54 Å². The van der Waals surface area contributed by atoms with Crippen LogP contribution in [0, 0.1) is 13.8 Å². The van der Waals surface area contributed by atoms with Gasteiger partial charge in [-0.3, -0.25) is 4.79 Å². The fourth-order valence-electron chi connectivity index (χ4n) is 3.33. The van der Waals surface area contributed by atoms with Gasteiger partial charge in [-0.1, -0.05) is 23.8 Å². The van der Waals surface area contributed by atoms with Crippen molar-refractivity contribution in [3.8, 4) is 11.5 Å². The molecule has 0 saturated heterocycles. The van der Waals surface area contributed by atoms with Crippen LogP contribution in [-0.4, -0.2) is 25.7 Å². The van der Waals surface area contributed by atoms with Crippen molar-refractivity contribution in [2.24, 2.45) is 0 Å². The Labute approximate surface area is 149 Å². The third-order valence-corrected chi connectivity index (χ3v) is 4.73. The lowest BCUT2D eigenvalue weighted by atomic mass is 9.96. The minimum absolute atomic E-state index is 0.0366. The molecule has 2 aromatic carbocycles. The summed E-state index contributed by atoms with van der Waals surface area (Å²) in [4.78, 5) is 14.9. The molecule has 132 valence electrons. The molecule has 1 atom stereocenters. The summed E-state index contributed by atoms with van der Waals surface area (Å²) in [5.41, 5.74) is 4.46. The first kappa shape index (κ1) is 17.3. The number of hydrogen-bond donors (Lipinski definition) is 0. The summed E-state index contributed by atoms with van der Waals surface area (Å²) in [6.45, 7) is 6.60. The van der Waals surface area contributed by atoms with E-state index < -0.39 is 6.10 Å². The van der Waals surface area contributed by atoms with E-state index in [1.54, 1.807) is 14.0 Å². The topological polar surface area (TPSA) is 38.8 Å². The van der Waals surface area contributed by atoms with Gasteiger partial charge < -0.3 is 14.4 Å². The number of aryl methyl sites for hydroxylation is 2. The number of ether oxygens (including phenoxy) is 2. The highest BCUT2D eigenvalue weighted by atomic mass is 16.5. The van der Waals surface area contributed by atoms with E-state index in [1.165, 1.54) is 11.1 Å². The second kappa shape index (κ2) is 7.18. The van der Waals surface area contributed by atoms with E-state index in [-0.39, 0.29) is 5.91 Å². The van der Waals surface area contributed by atoms with Crippen LogP contribution in [0.4, 0.5) is 5.69 Å². The van der Waals surface area contributed by atoms with Crippen molar-refractivity contribution in [2.75, 3.05) is 18.6 Å². The lowest BCUT2D eigenvalue weighted by Crippen LogP contribution is -2.43. The van der Waals surface area contributed by atoms with Gasteiger partial charge in [-0.05, 0) is 62.9 Å². The maximum atomic E-state index is 13.1. The molecule has 1 heterocycles. The first-order valence-electron chi connectivity index (χ1n) is 8.72. The molecule has 0 radical (unpaired) electrons. The van der Waals surface area contributed by atoms with Gasteiger partial charge in [0.1, 0.15) is 11.5 Å². The van der Waals surface area contributed by atoms with Crippen LogP contribution in [0.1, 0.15) is 30.0 Å². The Morgan fingerprint density at radius 1 is 1.12 bits per heavy atom. The van der Waals surface area contributed by atoms with E-state index in [0.717, 1.165) is 29.8 Å². The molecule has 1 amide bonds. The van der Waals surface area contributed by atoms with Crippen LogP contribution in [-0.2, 0) is 11.2 Å². The van der Waals surface area contributed by atoms with Crippen molar-refractivity contribution in [3.05, 3.63) is 53.1 Å². The number of hydrogen-bond acceptors (Lipinski definition) is 3. The van der Waals surface area contributed by atoms with E-state index in [1.807, 2.05) is 42.2 Å². The first-order valence-corrected chi connectivity index (χ1v) is 8.72. The molecular formula is C21H25NO3. The zero-order chi connectivity index (χ0) is 18.0. The zero-order valence-electron chi connectivity index (χ0n) is 15.3. The van der Waals surface area contributed by atoms with Crippen molar-refractivity contribution in [3.63, 3.8) is 0 Å². The highest BCUT2D eigenvalue weighted by Crippen LogP contribution is 2.38. The maximum Gasteiger partial charge on any atom is 0.267 e. The predicted molar refractivity (Wildman–Crippen MR) is 99.7 cm³/mol. The minimum Gasteiger partial charge on any atom is -0.495 e. The fraction of sp³-hybridized carbons (Fsp3) is 0.381. The molecule has 3 rings (SSSR count). The molecule has 0 aliphatic carbocycles. The summed E-state index contributed by atoms with van der Waals surface area (Å²) >= 11 is 0. The number of rotatable bonds is 4. The van der Waals surface area contributed by atoms with Crippen LogP contribution in [0.25, 0.3) is 0 Å². The van der Waals surface area contributed by atoms with Crippen molar-refractivity contribution in [2.45, 2.75) is 39.7 Å². The van der Waals surface area contributed by atoms with Gasteiger partial charge in [-0.25, -0.2) is 0 Å². The molecule has 0 N–H and O–H groups in total. The molecule has 0 spiro atoms. The Hall–Kier alpha value is -2.49. The summed E-state index contributed by atoms with van der Waals surface area (Å²) < 4.78 is 11.4. The second-order valence-electron chi connectivity index (χ2n) is 6.58. The normalized spacial score (nSPS) is 14.6. The van der Waals surface area contributed by atoms with Crippen LogP contribution in [0.15, 0.2) is 36.4 Å². The van der Waals surface area contributed by atoms with Crippen molar-refractivity contribution in [1.82, 2.24) is 0 Å². The van der Waals surface area contributed by atoms with Gasteiger partial charge in [0.25, 0.3) is 5.91 Å². The van der Waals surface area contributed by atoms with Crippen LogP contribution in [0.3, 0.4) is 0 Å². The van der Waals surface area contributed by atoms with Gasteiger partial charge in [0.15, 0.2) is 6.10 Å². The van der Waals surface area contributed by atoms with Gasteiger partial charge in [0.05, 0.1) is 12.8 Å². The number of amides is 1. The summed E-state index contributed by atoms with van der Waals surface area (Å²) in [5, 5.41) is 0. The smallest absolute Gasteiger partial charge is 0.267 e. The molecule has 1 aliphatic heterocycles. The number of fused-ring (bicyclic) bond motifs is 1. The van der Waals surface area contributed by atoms with E-state index in [0.29, 0.717) is 12.3 Å². The number of methoxy groups -OCH3 is 1. The van der Waals surface area contributed by atoms with Gasteiger partial charge in [-0.15, -0.1) is 0 Å². The third-order valence-electron chi connectivity index (χ3n) is 4.73. The van der Waals surface area contributed by atoms with Crippen LogP contribution in [0.5, 0.6) is 11.5 Å². The largest absolute Gasteiger partial charge is 0.495 e. The Morgan fingerprint density at radius 3 is 2.52 bits per heavy atom. The number of benzene rings is 2. The Morgan fingerprint density at radius 2 is 1.84 bits per heavy atom. The average Bonchev–Trinajstić information content (AvgIpc) is 2.63. The molecular weight excluding hydrogens is 314 g/mol. The molecule has 4 nitrogen and oxygen atoms in total. The summed E-state index contributed by atoms with van der Waals surface area (Å²) in [7, 11) is 1.65. The molecule has 25 heavy (non-hydrogen) atoms. The molecule has 2 aromatic rings. The van der Waals surface area contributed by atoms with Crippen molar-refractivity contribution >= 4 is 11.6 Å². The van der Waals surface area contributed by atoms with E-state index in [2.05, 4.69) is 13.0 Å². The Kier molecular flexibility index (Phi) is 4.98. The quantitative estimate of drug-likeness (QED) is 0.843. The number of carbonyl (C=O) groups excluding carboxylic acids is 1. The number of nitrogens with zero attached hydrogens (tertiary/aromatic N) is 1. The highest BCUT2D eigenvalue weighted by Gasteiger charge is 2.30. The van der Waals surface area contributed by atoms with E-state index in [4.69, 9.17) is 9.47 Å². The summed E-state index contributed by atoms with van der Waals surface area (Å²) in [6.07, 6.45) is 1.36. The van der Waals surface area contributed by atoms with Crippen LogP contribution in [0.2, 0.25) is 0 Å². The van der Waals surface area contributed by atoms with E-state index in [9.17, 15) is 4.79 Å². The SMILES string of the molecule is COc1ccc(C)c2c1N(C(=O)C(C)Oc1ccc(C)cc1)CCC2. The van der Waals surface area contributed by atoms with Crippen LogP contribution < -0.4 is 14.4 Å². The van der Waals surface area contributed by atoms with E-state index >= 15 is 0 Å². The fourth-order valence-corrected chi connectivity index (χ4v) is 3.33. The lowest BCUT2D eigenvalue weighted by Gasteiger charge is -2.33. The number of carbonyl (C=O) groups is 1. The second-order valence-corrected chi connectivity index (χ2v) is 6.58. The lowest BCUT2D eigenvalue weighted by molar-refractivity contribution is -0.124. The molecule has 0 fully saturated rings. The molecule has 1 unspecified atom stereocenters. The molecule has 0 aromatic heterocycles. The minimum atomic E-state index is -0.557. The van der Waals surface area contributed by atoms with Gasteiger partial charge in [-0.2, -0.15) is 0 Å². The standard InChI is InChI=1S/C21H25NO3/c1-14-7-10-17(11-8-14)25-16(3)21(23)22-13-5-6-18-15(2)9-12-19(24-4)20(18)22/h7-12,16H,5-6,13H2,1-4H3. The van der Waals surface area contributed by atoms with Gasteiger partial charge >= 0.3 is 0 Å². The molecule has 4 heteroatoms. The molecule has 0 bridgehead atoms. The highest BCUT2D eigenvalue weighted by molar-refractivity contribution is 5.99. The average molecular weight is 339 g/mol. The van der Waals surface area contributed by atoms with Crippen LogP contribution >= 0.6 is 0 Å². The molecule has 0 saturated carbocycles. The van der Waals surface area contributed by atoms with Crippen molar-refractivity contribution < 1.29 is 14.3 Å². The third kappa shape index (κ3) is 3.48. The zero-order valence-corrected chi connectivity index (χ0v) is 15.3. The predicted octanol–water partition coefficient (Wildman–Crippen LogP) is 4.06.